The molecule has 0 heterocycles. The van der Waals surface area contributed by atoms with Crippen LogP contribution in [0, 0.1) is 0 Å². The van der Waals surface area contributed by atoms with E-state index in [1.54, 1.807) is 6.92 Å². The molecular formula is C12H22Cl4O2. The average molecular weight is 340 g/mol. The summed E-state index contributed by atoms with van der Waals surface area (Å²) >= 11 is 23.6. The lowest BCUT2D eigenvalue weighted by Crippen LogP contribution is -2.31. The third kappa shape index (κ3) is 9.94. The second-order valence-corrected chi connectivity index (χ2v) is 7.48. The highest BCUT2D eigenvalue weighted by Gasteiger charge is 2.26. The summed E-state index contributed by atoms with van der Waals surface area (Å²) in [4.78, 5) is 0. The molecule has 0 amide bonds. The van der Waals surface area contributed by atoms with Crippen LogP contribution in [0.3, 0.4) is 0 Å². The first-order valence-corrected chi connectivity index (χ1v) is 7.89. The summed E-state index contributed by atoms with van der Waals surface area (Å²) in [5, 5.41) is 19.0. The zero-order chi connectivity index (χ0) is 14.3. The van der Waals surface area contributed by atoms with Gasteiger partial charge in [0, 0.05) is 34.3 Å². The molecule has 2 N–H and O–H groups in total. The molecule has 2 nitrogen and oxygen atoms in total. The zero-order valence-electron chi connectivity index (χ0n) is 10.8. The smallest absolute Gasteiger partial charge is 0.162 e. The Morgan fingerprint density at radius 1 is 0.944 bits per heavy atom. The molecule has 4 unspecified atom stereocenters. The van der Waals surface area contributed by atoms with Gasteiger partial charge in [0.1, 0.15) is 0 Å². The van der Waals surface area contributed by atoms with Gasteiger partial charge < -0.3 is 10.2 Å². The van der Waals surface area contributed by atoms with Gasteiger partial charge in [0.2, 0.25) is 0 Å². The molecule has 0 aliphatic heterocycles. The molecule has 0 aliphatic rings. The van der Waals surface area contributed by atoms with E-state index in [2.05, 4.69) is 0 Å². The van der Waals surface area contributed by atoms with Crippen molar-refractivity contribution < 1.29 is 10.2 Å². The van der Waals surface area contributed by atoms with Gasteiger partial charge in [-0.25, -0.2) is 0 Å². The Kier molecular flexibility index (Phi) is 9.64. The summed E-state index contributed by atoms with van der Waals surface area (Å²) in [6, 6.07) is 0. The van der Waals surface area contributed by atoms with E-state index in [0.717, 1.165) is 0 Å². The molecule has 4 atom stereocenters. The van der Waals surface area contributed by atoms with Crippen LogP contribution in [0.4, 0.5) is 0 Å². The van der Waals surface area contributed by atoms with Gasteiger partial charge in [-0.1, -0.05) is 0 Å². The molecule has 0 bridgehead atoms. The van der Waals surface area contributed by atoms with Crippen LogP contribution in [0.25, 0.3) is 0 Å². The number of rotatable bonds is 9. The van der Waals surface area contributed by atoms with E-state index in [4.69, 9.17) is 46.4 Å². The summed E-state index contributed by atoms with van der Waals surface area (Å²) < 4.78 is 0. The van der Waals surface area contributed by atoms with Crippen molar-refractivity contribution >= 4 is 46.4 Å². The molecule has 0 spiro atoms. The Bertz CT molecular complexity index is 222. The van der Waals surface area contributed by atoms with E-state index >= 15 is 0 Å². The van der Waals surface area contributed by atoms with Crippen LogP contribution >= 0.6 is 46.4 Å². The number of alkyl halides is 4. The van der Waals surface area contributed by atoms with Gasteiger partial charge in [0.05, 0.1) is 0 Å². The number of halogens is 4. The van der Waals surface area contributed by atoms with Gasteiger partial charge in [-0.2, -0.15) is 0 Å². The van der Waals surface area contributed by atoms with Crippen molar-refractivity contribution in [2.75, 3.05) is 0 Å². The molecule has 110 valence electrons. The fraction of sp³-hybridized carbons (Fsp3) is 1.00. The van der Waals surface area contributed by atoms with Gasteiger partial charge in [-0.15, -0.1) is 46.4 Å². The first-order chi connectivity index (χ1) is 8.14. The van der Waals surface area contributed by atoms with E-state index in [0.29, 0.717) is 19.3 Å². The molecule has 0 rings (SSSR count). The maximum Gasteiger partial charge on any atom is 0.162 e. The molecule has 0 aliphatic carbocycles. The third-order valence-electron chi connectivity index (χ3n) is 2.76. The van der Waals surface area contributed by atoms with E-state index < -0.39 is 5.79 Å². The van der Waals surface area contributed by atoms with Gasteiger partial charge in [0.25, 0.3) is 0 Å². The summed E-state index contributed by atoms with van der Waals surface area (Å²) in [5.41, 5.74) is 0. The molecule has 18 heavy (non-hydrogen) atoms. The minimum absolute atomic E-state index is 0.0106. The monoisotopic (exact) mass is 338 g/mol. The predicted molar refractivity (Wildman–Crippen MR) is 80.2 cm³/mol. The first kappa shape index (κ1) is 19.1. The zero-order valence-corrected chi connectivity index (χ0v) is 13.8. The third-order valence-corrected chi connectivity index (χ3v) is 4.36. The largest absolute Gasteiger partial charge is 0.366 e. The van der Waals surface area contributed by atoms with Crippen molar-refractivity contribution in [3.05, 3.63) is 0 Å². The normalized spacial score (nSPS) is 19.3. The second kappa shape index (κ2) is 9.10. The van der Waals surface area contributed by atoms with Gasteiger partial charge in [-0.05, 0) is 33.1 Å². The minimum Gasteiger partial charge on any atom is -0.366 e. The van der Waals surface area contributed by atoms with Crippen LogP contribution in [0.5, 0.6) is 0 Å². The standard InChI is InChI=1S/C12H22Cl4O2/c1-8(13)7-10(15)3-5-12(17,18)6-4-11(16)9(2)14/h8-11,17-18H,3-7H2,1-2H3. The van der Waals surface area contributed by atoms with E-state index in [1.807, 2.05) is 6.92 Å². The SMILES string of the molecule is CC(Cl)CC(Cl)CCC(O)(O)CCC(Cl)C(C)Cl. The van der Waals surface area contributed by atoms with Crippen molar-refractivity contribution in [3.63, 3.8) is 0 Å². The van der Waals surface area contributed by atoms with Gasteiger partial charge in [-0.3, -0.25) is 0 Å². The van der Waals surface area contributed by atoms with Crippen LogP contribution in [-0.4, -0.2) is 37.5 Å². The minimum atomic E-state index is -1.73. The van der Waals surface area contributed by atoms with E-state index in [1.165, 1.54) is 0 Å². The van der Waals surface area contributed by atoms with Crippen LogP contribution in [0.2, 0.25) is 0 Å². The van der Waals surface area contributed by atoms with Crippen molar-refractivity contribution in [1.82, 2.24) is 0 Å². The molecule has 0 aromatic rings. The lowest BCUT2D eigenvalue weighted by molar-refractivity contribution is -0.171. The molecule has 0 saturated heterocycles. The van der Waals surface area contributed by atoms with Crippen LogP contribution in [0.1, 0.15) is 46.0 Å². The van der Waals surface area contributed by atoms with Crippen LogP contribution in [0.15, 0.2) is 0 Å². The molecule has 0 saturated carbocycles. The fourth-order valence-corrected chi connectivity index (χ4v) is 2.50. The van der Waals surface area contributed by atoms with Crippen molar-refractivity contribution in [3.8, 4) is 0 Å². The van der Waals surface area contributed by atoms with Crippen LogP contribution in [-0.2, 0) is 0 Å². The van der Waals surface area contributed by atoms with Crippen molar-refractivity contribution in [1.29, 1.82) is 0 Å². The summed E-state index contributed by atoms with van der Waals surface area (Å²) in [7, 11) is 0. The highest BCUT2D eigenvalue weighted by Crippen LogP contribution is 2.25. The Morgan fingerprint density at radius 2 is 1.44 bits per heavy atom. The number of hydrogen-bond acceptors (Lipinski definition) is 2. The van der Waals surface area contributed by atoms with Crippen molar-refractivity contribution in [2.45, 2.75) is 73.2 Å². The van der Waals surface area contributed by atoms with E-state index in [9.17, 15) is 10.2 Å². The molecule has 0 aromatic carbocycles. The molecule has 0 aromatic heterocycles. The lowest BCUT2D eigenvalue weighted by atomic mass is 10.00. The molecule has 6 heteroatoms. The Balaban J connectivity index is 3.92. The second-order valence-electron chi connectivity index (χ2n) is 4.87. The highest BCUT2D eigenvalue weighted by atomic mass is 35.5. The summed E-state index contributed by atoms with van der Waals surface area (Å²) in [6.07, 6.45) is 2.02. The van der Waals surface area contributed by atoms with E-state index in [-0.39, 0.29) is 34.3 Å². The lowest BCUT2D eigenvalue weighted by Gasteiger charge is -2.24. The number of hydrogen-bond donors (Lipinski definition) is 2. The average Bonchev–Trinajstić information content (AvgIpc) is 2.22. The Labute approximate surface area is 130 Å². The quantitative estimate of drug-likeness (QED) is 0.490. The van der Waals surface area contributed by atoms with Gasteiger partial charge >= 0.3 is 0 Å². The summed E-state index contributed by atoms with van der Waals surface area (Å²) in [6.45, 7) is 3.65. The fourth-order valence-electron chi connectivity index (χ4n) is 1.58. The Hall–Kier alpha value is 1.08. The number of aliphatic hydroxyl groups is 2. The highest BCUT2D eigenvalue weighted by molar-refractivity contribution is 6.29. The first-order valence-electron chi connectivity index (χ1n) is 6.15. The maximum atomic E-state index is 9.79. The topological polar surface area (TPSA) is 40.5 Å². The molecule has 0 radical (unpaired) electrons. The van der Waals surface area contributed by atoms with Gasteiger partial charge in [0.15, 0.2) is 5.79 Å². The van der Waals surface area contributed by atoms with Crippen molar-refractivity contribution in [2.24, 2.45) is 0 Å². The summed E-state index contributed by atoms with van der Waals surface area (Å²) in [5.74, 6) is -1.73. The molecule has 0 fully saturated rings. The Morgan fingerprint density at radius 3 is 1.89 bits per heavy atom. The van der Waals surface area contributed by atoms with Crippen LogP contribution < -0.4 is 0 Å². The predicted octanol–water partition coefficient (Wildman–Crippen LogP) is 4.09. The maximum absolute atomic E-state index is 9.79. The molecular weight excluding hydrogens is 318 g/mol.